The number of aromatic nitrogens is 2. The van der Waals surface area contributed by atoms with Crippen LogP contribution in [0, 0.1) is 13.8 Å². The molecule has 104 valence electrons. The van der Waals surface area contributed by atoms with Gasteiger partial charge in [-0.3, -0.25) is 14.8 Å². The van der Waals surface area contributed by atoms with Gasteiger partial charge in [0.25, 0.3) is 0 Å². The zero-order valence-electron chi connectivity index (χ0n) is 11.8. The molecular weight excluding hydrogens is 252 g/mol. The van der Waals surface area contributed by atoms with Crippen molar-refractivity contribution in [2.75, 3.05) is 5.32 Å². The summed E-state index contributed by atoms with van der Waals surface area (Å²) in [7, 11) is 0. The Bertz CT molecular complexity index is 640. The fraction of sp³-hybridized carbons (Fsp3) is 0.267. The smallest absolute Gasteiger partial charge is 0.248 e. The maximum atomic E-state index is 11.1. The molecule has 0 aliphatic carbocycles. The molecule has 1 amide bonds. The number of hydrogen-bond donors (Lipinski definition) is 2. The number of aryl methyl sites for hydroxylation is 2. The van der Waals surface area contributed by atoms with Gasteiger partial charge >= 0.3 is 0 Å². The lowest BCUT2D eigenvalue weighted by Crippen LogP contribution is -2.14. The molecule has 0 saturated carbocycles. The summed E-state index contributed by atoms with van der Waals surface area (Å²) >= 11 is 0. The van der Waals surface area contributed by atoms with Crippen LogP contribution in [0.3, 0.4) is 0 Å². The van der Waals surface area contributed by atoms with Crippen LogP contribution in [-0.2, 0) is 0 Å². The van der Waals surface area contributed by atoms with Crippen molar-refractivity contribution in [1.29, 1.82) is 0 Å². The highest BCUT2D eigenvalue weighted by Gasteiger charge is 2.12. The third-order valence-electron chi connectivity index (χ3n) is 3.21. The van der Waals surface area contributed by atoms with Crippen LogP contribution in [0.2, 0.25) is 0 Å². The minimum Gasteiger partial charge on any atom is -0.377 e. The number of hydrogen-bond acceptors (Lipinski definition) is 4. The topological polar surface area (TPSA) is 80.9 Å². The van der Waals surface area contributed by atoms with Gasteiger partial charge in [0.05, 0.1) is 17.4 Å². The lowest BCUT2D eigenvalue weighted by atomic mass is 10.1. The average molecular weight is 270 g/mol. The lowest BCUT2D eigenvalue weighted by molar-refractivity contribution is 0.1000. The van der Waals surface area contributed by atoms with Crippen LogP contribution < -0.4 is 11.1 Å². The second kappa shape index (κ2) is 5.69. The molecule has 0 aliphatic rings. The van der Waals surface area contributed by atoms with Gasteiger partial charge in [-0.2, -0.15) is 0 Å². The number of anilines is 1. The third kappa shape index (κ3) is 2.93. The van der Waals surface area contributed by atoms with E-state index >= 15 is 0 Å². The highest BCUT2D eigenvalue weighted by Crippen LogP contribution is 2.22. The molecular formula is C15H18N4O. The van der Waals surface area contributed by atoms with E-state index in [1.165, 1.54) is 0 Å². The molecule has 1 aromatic heterocycles. The Morgan fingerprint density at radius 2 is 1.95 bits per heavy atom. The van der Waals surface area contributed by atoms with Crippen LogP contribution in [0.4, 0.5) is 5.69 Å². The van der Waals surface area contributed by atoms with Gasteiger partial charge in [0, 0.05) is 23.6 Å². The summed E-state index contributed by atoms with van der Waals surface area (Å²) in [5.41, 5.74) is 9.51. The highest BCUT2D eigenvalue weighted by atomic mass is 16.1. The van der Waals surface area contributed by atoms with Crippen molar-refractivity contribution in [3.05, 3.63) is 53.1 Å². The first kappa shape index (κ1) is 14.0. The number of primary amides is 1. The molecule has 0 radical (unpaired) electrons. The SMILES string of the molecule is Cc1cc(C(N)=O)ccc1NC(C)c1nccnc1C. The number of nitrogens with two attached hydrogens (primary N) is 1. The molecule has 1 heterocycles. The summed E-state index contributed by atoms with van der Waals surface area (Å²) in [6.45, 7) is 5.90. The molecule has 0 bridgehead atoms. The minimum absolute atomic E-state index is 0.0295. The largest absolute Gasteiger partial charge is 0.377 e. The minimum atomic E-state index is -0.419. The zero-order chi connectivity index (χ0) is 14.7. The van der Waals surface area contributed by atoms with E-state index in [1.54, 1.807) is 24.5 Å². The van der Waals surface area contributed by atoms with Crippen LogP contribution in [0.1, 0.15) is 40.3 Å². The number of carbonyl (C=O) groups excluding carboxylic acids is 1. The van der Waals surface area contributed by atoms with E-state index in [-0.39, 0.29) is 6.04 Å². The number of benzene rings is 1. The molecule has 3 N–H and O–H groups in total. The Kier molecular flexibility index (Phi) is 3.98. The zero-order valence-corrected chi connectivity index (χ0v) is 11.8. The van der Waals surface area contributed by atoms with Gasteiger partial charge < -0.3 is 11.1 Å². The van der Waals surface area contributed by atoms with Gasteiger partial charge in [-0.25, -0.2) is 0 Å². The number of nitrogens with zero attached hydrogens (tertiary/aromatic N) is 2. The van der Waals surface area contributed by atoms with Crippen LogP contribution in [0.15, 0.2) is 30.6 Å². The van der Waals surface area contributed by atoms with E-state index in [0.717, 1.165) is 22.6 Å². The van der Waals surface area contributed by atoms with Crippen LogP contribution >= 0.6 is 0 Å². The second-order valence-corrected chi connectivity index (χ2v) is 4.79. The second-order valence-electron chi connectivity index (χ2n) is 4.79. The summed E-state index contributed by atoms with van der Waals surface area (Å²) < 4.78 is 0. The van der Waals surface area contributed by atoms with E-state index < -0.39 is 5.91 Å². The third-order valence-corrected chi connectivity index (χ3v) is 3.21. The summed E-state index contributed by atoms with van der Waals surface area (Å²) in [6.07, 6.45) is 3.36. The highest BCUT2D eigenvalue weighted by molar-refractivity contribution is 5.93. The normalized spacial score (nSPS) is 11.9. The fourth-order valence-electron chi connectivity index (χ4n) is 2.12. The fourth-order valence-corrected chi connectivity index (χ4v) is 2.12. The van der Waals surface area contributed by atoms with Gasteiger partial charge in [0.2, 0.25) is 5.91 Å². The standard InChI is InChI=1S/C15H18N4O/c1-9-8-12(15(16)20)4-5-13(9)19-11(3)14-10(2)17-6-7-18-14/h4-8,11,19H,1-3H3,(H2,16,20). The molecule has 1 unspecified atom stereocenters. The van der Waals surface area contributed by atoms with Crippen LogP contribution in [0.5, 0.6) is 0 Å². The van der Waals surface area contributed by atoms with Crippen molar-refractivity contribution in [2.24, 2.45) is 5.73 Å². The summed E-state index contributed by atoms with van der Waals surface area (Å²) in [6, 6.07) is 5.38. The predicted molar refractivity (Wildman–Crippen MR) is 78.5 cm³/mol. The van der Waals surface area contributed by atoms with Crippen molar-refractivity contribution in [2.45, 2.75) is 26.8 Å². The summed E-state index contributed by atoms with van der Waals surface area (Å²) in [5, 5.41) is 3.38. The quantitative estimate of drug-likeness (QED) is 0.893. The maximum Gasteiger partial charge on any atom is 0.248 e. The molecule has 0 aliphatic heterocycles. The first-order chi connectivity index (χ1) is 9.49. The lowest BCUT2D eigenvalue weighted by Gasteiger charge is -2.18. The van der Waals surface area contributed by atoms with Crippen molar-refractivity contribution in [3.8, 4) is 0 Å². The van der Waals surface area contributed by atoms with Crippen molar-refractivity contribution in [1.82, 2.24) is 9.97 Å². The van der Waals surface area contributed by atoms with E-state index in [9.17, 15) is 4.79 Å². The van der Waals surface area contributed by atoms with Crippen molar-refractivity contribution in [3.63, 3.8) is 0 Å². The van der Waals surface area contributed by atoms with Crippen LogP contribution in [-0.4, -0.2) is 15.9 Å². The molecule has 0 spiro atoms. The summed E-state index contributed by atoms with van der Waals surface area (Å²) in [4.78, 5) is 19.7. The molecule has 2 aromatic rings. The van der Waals surface area contributed by atoms with Crippen LogP contribution in [0.25, 0.3) is 0 Å². The number of amides is 1. The molecule has 5 nitrogen and oxygen atoms in total. The number of nitrogens with one attached hydrogen (secondary N) is 1. The monoisotopic (exact) mass is 270 g/mol. The Morgan fingerprint density at radius 3 is 2.55 bits per heavy atom. The van der Waals surface area contributed by atoms with Gasteiger partial charge in [-0.05, 0) is 44.5 Å². The Morgan fingerprint density at radius 1 is 1.25 bits per heavy atom. The Balaban J connectivity index is 2.22. The molecule has 0 saturated heterocycles. The van der Waals surface area contributed by atoms with Gasteiger partial charge in [0.1, 0.15) is 0 Å². The van der Waals surface area contributed by atoms with E-state index in [4.69, 9.17) is 5.73 Å². The Labute approximate surface area is 118 Å². The summed E-state index contributed by atoms with van der Waals surface area (Å²) in [5.74, 6) is -0.419. The molecule has 1 atom stereocenters. The first-order valence-corrected chi connectivity index (χ1v) is 6.43. The predicted octanol–water partition coefficient (Wildman–Crippen LogP) is 2.37. The Hall–Kier alpha value is -2.43. The molecule has 2 rings (SSSR count). The van der Waals surface area contributed by atoms with E-state index in [2.05, 4.69) is 15.3 Å². The first-order valence-electron chi connectivity index (χ1n) is 6.43. The average Bonchev–Trinajstić information content (AvgIpc) is 2.41. The van der Waals surface area contributed by atoms with Gasteiger partial charge in [-0.1, -0.05) is 0 Å². The van der Waals surface area contributed by atoms with E-state index in [0.29, 0.717) is 5.56 Å². The molecule has 0 fully saturated rings. The van der Waals surface area contributed by atoms with Crippen molar-refractivity contribution >= 4 is 11.6 Å². The molecule has 20 heavy (non-hydrogen) atoms. The molecule has 1 aromatic carbocycles. The number of rotatable bonds is 4. The van der Waals surface area contributed by atoms with Gasteiger partial charge in [0.15, 0.2) is 0 Å². The van der Waals surface area contributed by atoms with E-state index in [1.807, 2.05) is 26.8 Å². The molecule has 5 heteroatoms. The number of carbonyl (C=O) groups is 1. The van der Waals surface area contributed by atoms with Gasteiger partial charge in [-0.15, -0.1) is 0 Å². The maximum absolute atomic E-state index is 11.1. The van der Waals surface area contributed by atoms with Crippen molar-refractivity contribution < 1.29 is 4.79 Å².